The zero-order valence-electron chi connectivity index (χ0n) is 17.6. The van der Waals surface area contributed by atoms with E-state index in [4.69, 9.17) is 9.84 Å². The molecule has 0 radical (unpaired) electrons. The maximum Gasteiger partial charge on any atom is 0.411 e. The first-order valence-electron chi connectivity index (χ1n) is 10.3. The second-order valence-electron chi connectivity index (χ2n) is 7.42. The van der Waals surface area contributed by atoms with Crippen molar-refractivity contribution in [2.45, 2.75) is 12.5 Å². The molecule has 2 aromatic carbocycles. The van der Waals surface area contributed by atoms with Crippen molar-refractivity contribution in [2.24, 2.45) is 0 Å². The molecule has 3 aromatic rings. The Hall–Kier alpha value is -4.40. The van der Waals surface area contributed by atoms with Gasteiger partial charge in [0.25, 0.3) is 0 Å². The number of hydrogen-bond donors (Lipinski definition) is 3. The van der Waals surface area contributed by atoms with Crippen LogP contribution in [0.4, 0.5) is 10.5 Å². The molecule has 0 fully saturated rings. The average molecular weight is 446 g/mol. The van der Waals surface area contributed by atoms with E-state index in [9.17, 15) is 14.4 Å². The van der Waals surface area contributed by atoms with Crippen molar-refractivity contribution in [3.8, 4) is 11.1 Å². The molecule has 4 rings (SSSR count). The molecular formula is C24H22N4O5. The molecule has 0 atom stereocenters. The molecule has 0 spiro atoms. The minimum absolute atomic E-state index is 0.0373. The lowest BCUT2D eigenvalue weighted by molar-refractivity contribution is -0.131. The van der Waals surface area contributed by atoms with Crippen LogP contribution in [0.5, 0.6) is 0 Å². The number of nitrogens with zero attached hydrogens (tertiary/aromatic N) is 2. The second-order valence-corrected chi connectivity index (χ2v) is 7.42. The van der Waals surface area contributed by atoms with Crippen LogP contribution in [0.3, 0.4) is 0 Å². The van der Waals surface area contributed by atoms with Gasteiger partial charge in [-0.2, -0.15) is 5.10 Å². The van der Waals surface area contributed by atoms with Gasteiger partial charge in [0.15, 0.2) is 0 Å². The van der Waals surface area contributed by atoms with Gasteiger partial charge in [-0.1, -0.05) is 54.6 Å². The Labute approximate surface area is 189 Å². The van der Waals surface area contributed by atoms with Crippen LogP contribution in [0.25, 0.3) is 11.1 Å². The number of carboxylic acids is 1. The van der Waals surface area contributed by atoms with Crippen LogP contribution in [-0.4, -0.2) is 46.0 Å². The summed E-state index contributed by atoms with van der Waals surface area (Å²) >= 11 is 0. The monoisotopic (exact) mass is 446 g/mol. The van der Waals surface area contributed by atoms with Crippen molar-refractivity contribution in [1.82, 2.24) is 15.1 Å². The van der Waals surface area contributed by atoms with Crippen LogP contribution >= 0.6 is 0 Å². The Morgan fingerprint density at radius 3 is 2.39 bits per heavy atom. The highest BCUT2D eigenvalue weighted by molar-refractivity contribution is 5.85. The van der Waals surface area contributed by atoms with Gasteiger partial charge in [-0.3, -0.25) is 14.8 Å². The normalized spacial score (nSPS) is 12.2. The van der Waals surface area contributed by atoms with Gasteiger partial charge in [-0.05, 0) is 22.3 Å². The minimum atomic E-state index is -1.08. The topological polar surface area (TPSA) is 123 Å². The summed E-state index contributed by atoms with van der Waals surface area (Å²) in [5, 5.41) is 17.7. The van der Waals surface area contributed by atoms with Crippen LogP contribution in [0.1, 0.15) is 17.0 Å². The van der Waals surface area contributed by atoms with E-state index in [0.29, 0.717) is 5.69 Å². The molecule has 9 heteroatoms. The molecular weight excluding hydrogens is 424 g/mol. The van der Waals surface area contributed by atoms with Gasteiger partial charge in [0.05, 0.1) is 11.9 Å². The van der Waals surface area contributed by atoms with Gasteiger partial charge in [0.1, 0.15) is 13.2 Å². The largest absolute Gasteiger partial charge is 0.478 e. The summed E-state index contributed by atoms with van der Waals surface area (Å²) in [6, 6.07) is 16.2. The number of rotatable bonds is 8. The number of amides is 2. The minimum Gasteiger partial charge on any atom is -0.478 e. The molecule has 168 valence electrons. The van der Waals surface area contributed by atoms with Crippen LogP contribution in [-0.2, 0) is 20.9 Å². The number of carboxylic acid groups (broad SMARTS) is 1. The lowest BCUT2D eigenvalue weighted by atomic mass is 9.98. The number of hydrogen-bond acceptors (Lipinski definition) is 5. The maximum atomic E-state index is 12.3. The highest BCUT2D eigenvalue weighted by Gasteiger charge is 2.29. The van der Waals surface area contributed by atoms with E-state index < -0.39 is 12.1 Å². The molecule has 1 aliphatic rings. The maximum absolute atomic E-state index is 12.3. The first kappa shape index (κ1) is 21.8. The van der Waals surface area contributed by atoms with Crippen molar-refractivity contribution >= 4 is 23.7 Å². The highest BCUT2D eigenvalue weighted by Crippen LogP contribution is 2.44. The number of fused-ring (bicyclic) bond motifs is 3. The predicted molar refractivity (Wildman–Crippen MR) is 121 cm³/mol. The summed E-state index contributed by atoms with van der Waals surface area (Å²) in [4.78, 5) is 34.6. The van der Waals surface area contributed by atoms with Gasteiger partial charge < -0.3 is 15.2 Å². The van der Waals surface area contributed by atoms with Crippen LogP contribution in [0.15, 0.2) is 73.1 Å². The summed E-state index contributed by atoms with van der Waals surface area (Å²) in [7, 11) is 0. The molecule has 3 N–H and O–H groups in total. The first-order chi connectivity index (χ1) is 16.0. The van der Waals surface area contributed by atoms with E-state index in [2.05, 4.69) is 27.9 Å². The molecule has 0 unspecified atom stereocenters. The summed E-state index contributed by atoms with van der Waals surface area (Å²) in [6.45, 7) is 0.213. The van der Waals surface area contributed by atoms with Crippen molar-refractivity contribution < 1.29 is 24.2 Å². The molecule has 33 heavy (non-hydrogen) atoms. The Bertz CT molecular complexity index is 1170. The van der Waals surface area contributed by atoms with Crippen LogP contribution in [0, 0.1) is 0 Å². The number of carbonyl (C=O) groups excluding carboxylic acids is 2. The van der Waals surface area contributed by atoms with Gasteiger partial charge in [-0.15, -0.1) is 0 Å². The van der Waals surface area contributed by atoms with Gasteiger partial charge in [-0.25, -0.2) is 9.59 Å². The SMILES string of the molecule is O=C(O)/C=C/CNC(=O)Cn1cc(NC(=O)OCC2c3ccccc3-c3ccccc32)cn1. The van der Waals surface area contributed by atoms with E-state index in [1.165, 1.54) is 23.2 Å². The number of nitrogens with one attached hydrogen (secondary N) is 2. The first-order valence-corrected chi connectivity index (χ1v) is 10.3. The molecule has 1 heterocycles. The Kier molecular flexibility index (Phi) is 6.49. The van der Waals surface area contributed by atoms with Crippen LogP contribution in [0.2, 0.25) is 0 Å². The van der Waals surface area contributed by atoms with Gasteiger partial charge in [0.2, 0.25) is 5.91 Å². The van der Waals surface area contributed by atoms with Gasteiger partial charge >= 0.3 is 12.1 Å². The number of carbonyl (C=O) groups is 3. The second kappa shape index (κ2) is 9.82. The van der Waals surface area contributed by atoms with Crippen molar-refractivity contribution in [3.63, 3.8) is 0 Å². The highest BCUT2D eigenvalue weighted by atomic mass is 16.5. The van der Waals surface area contributed by atoms with E-state index in [1.54, 1.807) is 0 Å². The fraction of sp³-hybridized carbons (Fsp3) is 0.167. The fourth-order valence-corrected chi connectivity index (χ4v) is 3.80. The summed E-state index contributed by atoms with van der Waals surface area (Å²) < 4.78 is 6.85. The number of ether oxygens (including phenoxy) is 1. The third-order valence-electron chi connectivity index (χ3n) is 5.21. The third kappa shape index (κ3) is 5.27. The third-order valence-corrected chi connectivity index (χ3v) is 5.21. The molecule has 2 amide bonds. The van der Waals surface area contributed by atoms with E-state index >= 15 is 0 Å². The summed E-state index contributed by atoms with van der Waals surface area (Å²) in [5.74, 6) is -1.47. The van der Waals surface area contributed by atoms with Crippen molar-refractivity contribution in [2.75, 3.05) is 18.5 Å². The van der Waals surface area contributed by atoms with Crippen molar-refractivity contribution in [1.29, 1.82) is 0 Å². The lowest BCUT2D eigenvalue weighted by Gasteiger charge is -2.14. The Morgan fingerprint density at radius 1 is 1.06 bits per heavy atom. The zero-order chi connectivity index (χ0) is 23.2. The van der Waals surface area contributed by atoms with E-state index in [0.717, 1.165) is 28.3 Å². The number of aromatic nitrogens is 2. The molecule has 0 bridgehead atoms. The Morgan fingerprint density at radius 2 is 1.73 bits per heavy atom. The predicted octanol–water partition coefficient (Wildman–Crippen LogP) is 3.00. The molecule has 0 saturated carbocycles. The zero-order valence-corrected chi connectivity index (χ0v) is 17.6. The smallest absolute Gasteiger partial charge is 0.411 e. The quantitative estimate of drug-likeness (QED) is 0.457. The molecule has 1 aliphatic carbocycles. The van der Waals surface area contributed by atoms with Gasteiger partial charge in [0, 0.05) is 24.7 Å². The average Bonchev–Trinajstić information content (AvgIpc) is 3.37. The lowest BCUT2D eigenvalue weighted by Crippen LogP contribution is -2.27. The summed E-state index contributed by atoms with van der Waals surface area (Å²) in [6.07, 6.45) is 4.59. The molecule has 0 saturated heterocycles. The van der Waals surface area contributed by atoms with Crippen LogP contribution < -0.4 is 10.6 Å². The molecule has 9 nitrogen and oxygen atoms in total. The fourth-order valence-electron chi connectivity index (χ4n) is 3.80. The number of anilines is 1. The number of benzene rings is 2. The molecule has 0 aliphatic heterocycles. The summed E-state index contributed by atoms with van der Waals surface area (Å²) in [5.41, 5.74) is 4.96. The Balaban J connectivity index is 1.29. The molecule has 1 aromatic heterocycles. The van der Waals surface area contributed by atoms with E-state index in [-0.39, 0.29) is 31.5 Å². The van der Waals surface area contributed by atoms with E-state index in [1.807, 2.05) is 36.4 Å². The van der Waals surface area contributed by atoms with Crippen molar-refractivity contribution in [3.05, 3.63) is 84.2 Å². The number of aliphatic carboxylic acids is 1. The standard InChI is InChI=1S/C24H22N4O5/c29-22(25-11-5-10-23(30)31)14-28-13-16(12-26-28)27-24(32)33-15-21-19-8-3-1-6-17(19)18-7-2-4-9-20(18)21/h1-10,12-13,21H,11,14-15H2,(H,25,29)(H,27,32)(H,30,31)/b10-5+.